The number of hydrogen-bond donors (Lipinski definition) is 1. The van der Waals surface area contributed by atoms with Crippen molar-refractivity contribution < 1.29 is 9.53 Å². The van der Waals surface area contributed by atoms with Crippen molar-refractivity contribution in [2.24, 2.45) is 5.92 Å². The fourth-order valence-corrected chi connectivity index (χ4v) is 2.57. The summed E-state index contributed by atoms with van der Waals surface area (Å²) in [4.78, 5) is 11.4. The van der Waals surface area contributed by atoms with Crippen LogP contribution in [0.5, 0.6) is 5.75 Å². The molecule has 1 N–H and O–H groups in total. The average molecular weight is 233 g/mol. The van der Waals surface area contributed by atoms with Crippen LogP contribution < -0.4 is 10.1 Å². The summed E-state index contributed by atoms with van der Waals surface area (Å²) in [6.07, 6.45) is 3.31. The summed E-state index contributed by atoms with van der Waals surface area (Å²) in [5.41, 5.74) is 1.01. The van der Waals surface area contributed by atoms with Crippen molar-refractivity contribution in [2.45, 2.75) is 18.8 Å². The number of benzene rings is 1. The molecule has 1 aliphatic rings. The minimum absolute atomic E-state index is 0.0565. The van der Waals surface area contributed by atoms with Gasteiger partial charge in [0.25, 0.3) is 0 Å². The Morgan fingerprint density at radius 2 is 2.29 bits per heavy atom. The van der Waals surface area contributed by atoms with Gasteiger partial charge in [-0.2, -0.15) is 0 Å². The number of nitrogens with one attached hydrogen (secondary N) is 1. The van der Waals surface area contributed by atoms with Gasteiger partial charge in [-0.3, -0.25) is 0 Å². The first kappa shape index (κ1) is 12.1. The predicted octanol–water partition coefficient (Wildman–Crippen LogP) is 1.98. The van der Waals surface area contributed by atoms with Crippen LogP contribution in [-0.2, 0) is 4.79 Å². The Labute approximate surface area is 102 Å². The molecule has 0 aliphatic carbocycles. The third-order valence-electron chi connectivity index (χ3n) is 3.49. The van der Waals surface area contributed by atoms with Gasteiger partial charge in [-0.1, -0.05) is 18.2 Å². The zero-order valence-electron chi connectivity index (χ0n) is 10.2. The molecule has 0 amide bonds. The highest BCUT2D eigenvalue weighted by molar-refractivity contribution is 5.65. The lowest BCUT2D eigenvalue weighted by Gasteiger charge is -2.28. The highest BCUT2D eigenvalue weighted by Crippen LogP contribution is 2.33. The van der Waals surface area contributed by atoms with Gasteiger partial charge < -0.3 is 14.8 Å². The molecule has 0 radical (unpaired) electrons. The van der Waals surface area contributed by atoms with Crippen molar-refractivity contribution in [2.75, 3.05) is 20.2 Å². The molecule has 1 heterocycles. The SMILES string of the molecule is COc1ccccc1C(C=O)C1CCCNC1. The molecule has 0 bridgehead atoms. The van der Waals surface area contributed by atoms with Crippen LogP contribution in [0.3, 0.4) is 0 Å². The van der Waals surface area contributed by atoms with Gasteiger partial charge in [0.2, 0.25) is 0 Å². The molecule has 1 fully saturated rings. The monoisotopic (exact) mass is 233 g/mol. The van der Waals surface area contributed by atoms with E-state index in [1.807, 2.05) is 24.3 Å². The number of piperidine rings is 1. The Bertz CT molecular complexity index is 372. The molecule has 0 saturated carbocycles. The Hall–Kier alpha value is -1.35. The molecule has 92 valence electrons. The molecular formula is C14H19NO2. The second-order valence-electron chi connectivity index (χ2n) is 4.51. The molecule has 1 aromatic rings. The quantitative estimate of drug-likeness (QED) is 0.808. The van der Waals surface area contributed by atoms with E-state index in [9.17, 15) is 4.79 Å². The number of para-hydroxylation sites is 1. The second-order valence-corrected chi connectivity index (χ2v) is 4.51. The van der Waals surface area contributed by atoms with Crippen LogP contribution in [0.1, 0.15) is 24.3 Å². The van der Waals surface area contributed by atoms with E-state index in [2.05, 4.69) is 5.32 Å². The minimum Gasteiger partial charge on any atom is -0.496 e. The third-order valence-corrected chi connectivity index (χ3v) is 3.49. The number of ether oxygens (including phenoxy) is 1. The third kappa shape index (κ3) is 2.67. The highest BCUT2D eigenvalue weighted by atomic mass is 16.5. The molecule has 2 rings (SSSR count). The molecule has 3 heteroatoms. The predicted molar refractivity (Wildman–Crippen MR) is 67.4 cm³/mol. The summed E-state index contributed by atoms with van der Waals surface area (Å²) < 4.78 is 5.34. The average Bonchev–Trinajstić information content (AvgIpc) is 2.41. The Morgan fingerprint density at radius 1 is 1.47 bits per heavy atom. The molecular weight excluding hydrogens is 214 g/mol. The molecule has 2 atom stereocenters. The summed E-state index contributed by atoms with van der Waals surface area (Å²) in [6, 6.07) is 7.81. The fourth-order valence-electron chi connectivity index (χ4n) is 2.57. The summed E-state index contributed by atoms with van der Waals surface area (Å²) in [7, 11) is 1.65. The van der Waals surface area contributed by atoms with Crippen LogP contribution in [0, 0.1) is 5.92 Å². The number of aldehydes is 1. The van der Waals surface area contributed by atoms with Crippen molar-refractivity contribution in [3.8, 4) is 5.75 Å². The van der Waals surface area contributed by atoms with E-state index in [4.69, 9.17) is 4.74 Å². The van der Waals surface area contributed by atoms with Gasteiger partial charge in [0.15, 0.2) is 0 Å². The summed E-state index contributed by atoms with van der Waals surface area (Å²) >= 11 is 0. The van der Waals surface area contributed by atoms with Gasteiger partial charge >= 0.3 is 0 Å². The second kappa shape index (κ2) is 5.82. The van der Waals surface area contributed by atoms with Crippen molar-refractivity contribution in [3.05, 3.63) is 29.8 Å². The zero-order valence-corrected chi connectivity index (χ0v) is 10.2. The first-order valence-corrected chi connectivity index (χ1v) is 6.15. The van der Waals surface area contributed by atoms with E-state index < -0.39 is 0 Å². The lowest BCUT2D eigenvalue weighted by Crippen LogP contribution is -2.33. The first-order chi connectivity index (χ1) is 8.36. The lowest BCUT2D eigenvalue weighted by atomic mass is 9.82. The van der Waals surface area contributed by atoms with Crippen LogP contribution in [-0.4, -0.2) is 26.5 Å². The molecule has 0 aromatic heterocycles. The van der Waals surface area contributed by atoms with E-state index in [1.165, 1.54) is 0 Å². The van der Waals surface area contributed by atoms with Gasteiger partial charge in [-0.15, -0.1) is 0 Å². The summed E-state index contributed by atoms with van der Waals surface area (Å²) in [5, 5.41) is 3.36. The molecule has 0 spiro atoms. The smallest absolute Gasteiger partial charge is 0.127 e. The van der Waals surface area contributed by atoms with E-state index in [0.717, 1.165) is 43.5 Å². The van der Waals surface area contributed by atoms with E-state index in [-0.39, 0.29) is 5.92 Å². The number of carbonyl (C=O) groups excluding carboxylic acids is 1. The molecule has 1 saturated heterocycles. The topological polar surface area (TPSA) is 38.3 Å². The van der Waals surface area contributed by atoms with Crippen LogP contribution in [0.25, 0.3) is 0 Å². The van der Waals surface area contributed by atoms with Gasteiger partial charge in [-0.25, -0.2) is 0 Å². The number of hydrogen-bond acceptors (Lipinski definition) is 3. The summed E-state index contributed by atoms with van der Waals surface area (Å²) in [5.74, 6) is 1.15. The maximum absolute atomic E-state index is 11.4. The molecule has 3 nitrogen and oxygen atoms in total. The Balaban J connectivity index is 2.24. The van der Waals surface area contributed by atoms with Crippen LogP contribution in [0.15, 0.2) is 24.3 Å². The van der Waals surface area contributed by atoms with Crippen LogP contribution in [0.2, 0.25) is 0 Å². The standard InChI is InChI=1S/C14H19NO2/c1-17-14-7-3-2-6-12(14)13(10-16)11-5-4-8-15-9-11/h2-3,6-7,10-11,13,15H,4-5,8-9H2,1H3. The fraction of sp³-hybridized carbons (Fsp3) is 0.500. The van der Waals surface area contributed by atoms with Crippen molar-refractivity contribution in [1.82, 2.24) is 5.32 Å². The van der Waals surface area contributed by atoms with Crippen molar-refractivity contribution in [1.29, 1.82) is 0 Å². The van der Waals surface area contributed by atoms with E-state index in [0.29, 0.717) is 5.92 Å². The zero-order chi connectivity index (χ0) is 12.1. The lowest BCUT2D eigenvalue weighted by molar-refractivity contribution is -0.110. The normalized spacial score (nSPS) is 21.8. The molecule has 17 heavy (non-hydrogen) atoms. The maximum atomic E-state index is 11.4. The van der Waals surface area contributed by atoms with Gasteiger partial charge in [0.1, 0.15) is 12.0 Å². The van der Waals surface area contributed by atoms with Crippen LogP contribution >= 0.6 is 0 Å². The summed E-state index contributed by atoms with van der Waals surface area (Å²) in [6.45, 7) is 1.98. The number of carbonyl (C=O) groups is 1. The minimum atomic E-state index is -0.0565. The van der Waals surface area contributed by atoms with E-state index in [1.54, 1.807) is 7.11 Å². The molecule has 2 unspecified atom stereocenters. The molecule has 1 aliphatic heterocycles. The van der Waals surface area contributed by atoms with Crippen molar-refractivity contribution in [3.63, 3.8) is 0 Å². The Kier molecular flexibility index (Phi) is 4.15. The number of rotatable bonds is 4. The van der Waals surface area contributed by atoms with E-state index >= 15 is 0 Å². The maximum Gasteiger partial charge on any atom is 0.127 e. The number of methoxy groups -OCH3 is 1. The largest absolute Gasteiger partial charge is 0.496 e. The van der Waals surface area contributed by atoms with Gasteiger partial charge in [-0.05, 0) is 37.9 Å². The molecule has 1 aromatic carbocycles. The Morgan fingerprint density at radius 3 is 2.94 bits per heavy atom. The first-order valence-electron chi connectivity index (χ1n) is 6.15. The van der Waals surface area contributed by atoms with Crippen LogP contribution in [0.4, 0.5) is 0 Å². The van der Waals surface area contributed by atoms with Gasteiger partial charge in [0.05, 0.1) is 7.11 Å². The van der Waals surface area contributed by atoms with Crippen molar-refractivity contribution >= 4 is 6.29 Å². The highest BCUT2D eigenvalue weighted by Gasteiger charge is 2.26. The van der Waals surface area contributed by atoms with Gasteiger partial charge in [0, 0.05) is 11.5 Å².